The Morgan fingerprint density at radius 2 is 2.08 bits per heavy atom. The van der Waals surface area contributed by atoms with Crippen molar-refractivity contribution in [3.63, 3.8) is 0 Å². The monoisotopic (exact) mass is 351 g/mol. The number of carbonyl (C=O) groups excluding carboxylic acids is 2. The fraction of sp³-hybridized carbons (Fsp3) is 0.556. The molecule has 1 aliphatic heterocycles. The molecule has 0 saturated carbocycles. The molecule has 5 nitrogen and oxygen atoms in total. The first-order chi connectivity index (χ1) is 11.5. The van der Waals surface area contributed by atoms with Crippen LogP contribution in [0.3, 0.4) is 0 Å². The van der Waals surface area contributed by atoms with E-state index in [1.54, 1.807) is 24.3 Å². The number of amides is 2. The molecular formula is C18H26ClN3O2. The van der Waals surface area contributed by atoms with E-state index in [4.69, 9.17) is 11.6 Å². The Morgan fingerprint density at radius 1 is 1.33 bits per heavy atom. The highest BCUT2D eigenvalue weighted by molar-refractivity contribution is 6.33. The SMILES string of the molecule is CC(C)C(NC(=O)c1ccccc1Cl)C(=O)NCC1CCCNC1. The molecule has 2 unspecified atom stereocenters. The van der Waals surface area contributed by atoms with E-state index >= 15 is 0 Å². The summed E-state index contributed by atoms with van der Waals surface area (Å²) in [5, 5.41) is 9.50. The number of hydrogen-bond donors (Lipinski definition) is 3. The van der Waals surface area contributed by atoms with Gasteiger partial charge in [-0.15, -0.1) is 0 Å². The summed E-state index contributed by atoms with van der Waals surface area (Å²) in [6.45, 7) is 6.45. The lowest BCUT2D eigenvalue weighted by atomic mass is 9.98. The van der Waals surface area contributed by atoms with Gasteiger partial charge in [-0.2, -0.15) is 0 Å². The van der Waals surface area contributed by atoms with Crippen molar-refractivity contribution in [2.24, 2.45) is 11.8 Å². The lowest BCUT2D eigenvalue weighted by molar-refractivity contribution is -0.124. The Balaban J connectivity index is 1.94. The van der Waals surface area contributed by atoms with Crippen molar-refractivity contribution in [1.29, 1.82) is 0 Å². The fourth-order valence-electron chi connectivity index (χ4n) is 2.85. The van der Waals surface area contributed by atoms with Crippen molar-refractivity contribution in [2.45, 2.75) is 32.7 Å². The molecule has 1 saturated heterocycles. The lowest BCUT2D eigenvalue weighted by Crippen LogP contribution is -2.51. The predicted molar refractivity (Wildman–Crippen MR) is 96.1 cm³/mol. The van der Waals surface area contributed by atoms with Crippen molar-refractivity contribution >= 4 is 23.4 Å². The van der Waals surface area contributed by atoms with E-state index in [1.807, 2.05) is 13.8 Å². The second-order valence-electron chi connectivity index (χ2n) is 6.63. The molecule has 2 atom stereocenters. The summed E-state index contributed by atoms with van der Waals surface area (Å²) in [4.78, 5) is 24.9. The average Bonchev–Trinajstić information content (AvgIpc) is 2.58. The Labute approximate surface area is 148 Å². The van der Waals surface area contributed by atoms with E-state index in [1.165, 1.54) is 0 Å². The Bertz CT molecular complexity index is 571. The van der Waals surface area contributed by atoms with Crippen LogP contribution in [0.2, 0.25) is 5.02 Å². The summed E-state index contributed by atoms with van der Waals surface area (Å²) in [5.41, 5.74) is 0.383. The zero-order valence-corrected chi connectivity index (χ0v) is 15.0. The third-order valence-electron chi connectivity index (χ3n) is 4.32. The van der Waals surface area contributed by atoms with E-state index in [9.17, 15) is 9.59 Å². The zero-order chi connectivity index (χ0) is 17.5. The van der Waals surface area contributed by atoms with Gasteiger partial charge in [0.2, 0.25) is 5.91 Å². The fourth-order valence-corrected chi connectivity index (χ4v) is 3.07. The molecule has 0 aliphatic carbocycles. The number of nitrogens with one attached hydrogen (secondary N) is 3. The molecule has 1 aromatic carbocycles. The molecule has 6 heteroatoms. The van der Waals surface area contributed by atoms with Gasteiger partial charge in [0.05, 0.1) is 10.6 Å². The second-order valence-corrected chi connectivity index (χ2v) is 7.04. The molecular weight excluding hydrogens is 326 g/mol. The minimum Gasteiger partial charge on any atom is -0.354 e. The zero-order valence-electron chi connectivity index (χ0n) is 14.3. The number of halogens is 1. The van der Waals surface area contributed by atoms with Crippen LogP contribution in [-0.4, -0.2) is 37.5 Å². The van der Waals surface area contributed by atoms with Gasteiger partial charge in [-0.3, -0.25) is 9.59 Å². The van der Waals surface area contributed by atoms with E-state index in [0.29, 0.717) is 23.0 Å². The summed E-state index contributed by atoms with van der Waals surface area (Å²) in [6, 6.07) is 6.26. The highest BCUT2D eigenvalue weighted by Crippen LogP contribution is 2.15. The van der Waals surface area contributed by atoms with Crippen LogP contribution in [0.1, 0.15) is 37.0 Å². The molecule has 1 heterocycles. The van der Waals surface area contributed by atoms with Crippen LogP contribution in [0, 0.1) is 11.8 Å². The number of hydrogen-bond acceptors (Lipinski definition) is 3. The van der Waals surface area contributed by atoms with E-state index in [0.717, 1.165) is 25.9 Å². The minimum absolute atomic E-state index is 0.0130. The summed E-state index contributed by atoms with van der Waals surface area (Å²) >= 11 is 6.06. The summed E-state index contributed by atoms with van der Waals surface area (Å²) in [7, 11) is 0. The highest BCUT2D eigenvalue weighted by Gasteiger charge is 2.26. The third kappa shape index (κ3) is 5.21. The van der Waals surface area contributed by atoms with Gasteiger partial charge in [-0.05, 0) is 49.9 Å². The first-order valence-electron chi connectivity index (χ1n) is 8.53. The van der Waals surface area contributed by atoms with Crippen LogP contribution >= 0.6 is 11.6 Å². The maximum Gasteiger partial charge on any atom is 0.253 e. The molecule has 2 rings (SSSR count). The summed E-state index contributed by atoms with van der Waals surface area (Å²) in [6.07, 6.45) is 2.25. The van der Waals surface area contributed by atoms with Gasteiger partial charge in [0.15, 0.2) is 0 Å². The van der Waals surface area contributed by atoms with Crippen molar-refractivity contribution in [3.05, 3.63) is 34.9 Å². The molecule has 24 heavy (non-hydrogen) atoms. The molecule has 1 aromatic rings. The molecule has 1 fully saturated rings. The van der Waals surface area contributed by atoms with E-state index in [-0.39, 0.29) is 17.7 Å². The van der Waals surface area contributed by atoms with Crippen LogP contribution < -0.4 is 16.0 Å². The van der Waals surface area contributed by atoms with Crippen LogP contribution in [0.25, 0.3) is 0 Å². The molecule has 132 valence electrons. The lowest BCUT2D eigenvalue weighted by Gasteiger charge is -2.26. The van der Waals surface area contributed by atoms with Gasteiger partial charge in [-0.1, -0.05) is 37.6 Å². The molecule has 2 amide bonds. The predicted octanol–water partition coefficient (Wildman–Crippen LogP) is 2.21. The molecule has 3 N–H and O–H groups in total. The van der Waals surface area contributed by atoms with Crippen LogP contribution in [0.4, 0.5) is 0 Å². The van der Waals surface area contributed by atoms with E-state index < -0.39 is 6.04 Å². The van der Waals surface area contributed by atoms with Gasteiger partial charge in [0.25, 0.3) is 5.91 Å². The molecule has 0 bridgehead atoms. The second kappa shape index (κ2) is 9.04. The highest BCUT2D eigenvalue weighted by atomic mass is 35.5. The first-order valence-corrected chi connectivity index (χ1v) is 8.90. The number of rotatable bonds is 6. The minimum atomic E-state index is -0.578. The van der Waals surface area contributed by atoms with Crippen molar-refractivity contribution in [3.8, 4) is 0 Å². The maximum absolute atomic E-state index is 12.5. The Hall–Kier alpha value is -1.59. The van der Waals surface area contributed by atoms with Gasteiger partial charge < -0.3 is 16.0 Å². The molecule has 0 aromatic heterocycles. The first kappa shape index (κ1) is 18.7. The standard InChI is InChI=1S/C18H26ClN3O2/c1-12(2)16(18(24)21-11-13-6-5-9-20-10-13)22-17(23)14-7-3-4-8-15(14)19/h3-4,7-8,12-13,16,20H,5-6,9-11H2,1-2H3,(H,21,24)(H,22,23). The van der Waals surface area contributed by atoms with Crippen molar-refractivity contribution < 1.29 is 9.59 Å². The summed E-state index contributed by atoms with van der Waals surface area (Å²) < 4.78 is 0. The van der Waals surface area contributed by atoms with Crippen LogP contribution in [0.15, 0.2) is 24.3 Å². The number of piperidine rings is 1. The van der Waals surface area contributed by atoms with Gasteiger partial charge in [0.1, 0.15) is 6.04 Å². The van der Waals surface area contributed by atoms with Crippen LogP contribution in [-0.2, 0) is 4.79 Å². The molecule has 1 aliphatic rings. The van der Waals surface area contributed by atoms with Gasteiger partial charge in [0, 0.05) is 6.54 Å². The number of carbonyl (C=O) groups is 2. The Kier molecular flexibility index (Phi) is 7.06. The quantitative estimate of drug-likeness (QED) is 0.736. The maximum atomic E-state index is 12.5. The number of benzene rings is 1. The van der Waals surface area contributed by atoms with Crippen molar-refractivity contribution in [1.82, 2.24) is 16.0 Å². The topological polar surface area (TPSA) is 70.2 Å². The smallest absolute Gasteiger partial charge is 0.253 e. The van der Waals surface area contributed by atoms with Crippen molar-refractivity contribution in [2.75, 3.05) is 19.6 Å². The third-order valence-corrected chi connectivity index (χ3v) is 4.65. The van der Waals surface area contributed by atoms with E-state index in [2.05, 4.69) is 16.0 Å². The largest absolute Gasteiger partial charge is 0.354 e. The Morgan fingerprint density at radius 3 is 2.71 bits per heavy atom. The normalized spacial score (nSPS) is 18.9. The summed E-state index contributed by atoms with van der Waals surface area (Å²) in [5.74, 6) is -0.0274. The average molecular weight is 352 g/mol. The van der Waals surface area contributed by atoms with Gasteiger partial charge in [-0.25, -0.2) is 0 Å². The molecule has 0 radical (unpaired) electrons. The molecule has 0 spiro atoms. The van der Waals surface area contributed by atoms with Gasteiger partial charge >= 0.3 is 0 Å². The van der Waals surface area contributed by atoms with Crippen LogP contribution in [0.5, 0.6) is 0 Å².